The van der Waals surface area contributed by atoms with Crippen LogP contribution in [0.1, 0.15) is 29.5 Å². The van der Waals surface area contributed by atoms with E-state index in [1.807, 2.05) is 7.05 Å². The Morgan fingerprint density at radius 3 is 2.40 bits per heavy atom. The maximum Gasteiger partial charge on any atom is 0.0242 e. The summed E-state index contributed by atoms with van der Waals surface area (Å²) in [5, 5.41) is 7.59. The molecule has 2 nitrogen and oxygen atoms in total. The van der Waals surface area contributed by atoms with Gasteiger partial charge >= 0.3 is 0 Å². The van der Waals surface area contributed by atoms with Crippen molar-refractivity contribution in [3.8, 4) is 0 Å². The van der Waals surface area contributed by atoms with Crippen LogP contribution in [0.3, 0.4) is 0 Å². The minimum atomic E-state index is 0.567. The van der Waals surface area contributed by atoms with Crippen molar-refractivity contribution >= 4 is 11.3 Å². The number of benzene rings is 1. The molecule has 0 radical (unpaired) electrons. The van der Waals surface area contributed by atoms with Gasteiger partial charge in [0.1, 0.15) is 0 Å². The summed E-state index contributed by atoms with van der Waals surface area (Å²) in [7, 11) is 4.18. The summed E-state index contributed by atoms with van der Waals surface area (Å²) in [6, 6.07) is 11.2. The van der Waals surface area contributed by atoms with Crippen molar-refractivity contribution in [2.45, 2.75) is 25.9 Å². The lowest BCUT2D eigenvalue weighted by molar-refractivity contribution is 0.319. The van der Waals surface area contributed by atoms with Crippen LogP contribution in [-0.4, -0.2) is 25.5 Å². The van der Waals surface area contributed by atoms with Crippen LogP contribution in [0.2, 0.25) is 0 Å². The molecule has 0 aliphatic rings. The number of nitrogens with one attached hydrogen (secondary N) is 1. The minimum Gasteiger partial charge on any atom is -0.319 e. The fourth-order valence-electron chi connectivity index (χ4n) is 2.44. The average molecular weight is 288 g/mol. The van der Waals surface area contributed by atoms with Gasteiger partial charge in [0.05, 0.1) is 0 Å². The van der Waals surface area contributed by atoms with Crippen molar-refractivity contribution < 1.29 is 0 Å². The standard InChI is InChI=1S/C17H24N2S/c1-14(10-18-2)17-6-4-15(5-7-17)11-19(3)12-16-8-9-20-13-16/h4-9,13-14,18H,10-12H2,1-3H3. The van der Waals surface area contributed by atoms with Gasteiger partial charge in [-0.3, -0.25) is 4.90 Å². The number of thiophene rings is 1. The topological polar surface area (TPSA) is 15.3 Å². The van der Waals surface area contributed by atoms with Crippen molar-refractivity contribution in [2.75, 3.05) is 20.6 Å². The highest BCUT2D eigenvalue weighted by atomic mass is 32.1. The molecule has 0 saturated heterocycles. The van der Waals surface area contributed by atoms with Gasteiger partial charge in [-0.1, -0.05) is 31.2 Å². The highest BCUT2D eigenvalue weighted by molar-refractivity contribution is 7.07. The van der Waals surface area contributed by atoms with Crippen LogP contribution in [0, 0.1) is 0 Å². The third kappa shape index (κ3) is 4.44. The second-order valence-corrected chi connectivity index (χ2v) is 6.28. The van der Waals surface area contributed by atoms with E-state index in [1.54, 1.807) is 11.3 Å². The minimum absolute atomic E-state index is 0.567. The van der Waals surface area contributed by atoms with E-state index >= 15 is 0 Å². The Morgan fingerprint density at radius 2 is 1.80 bits per heavy atom. The first-order valence-corrected chi connectivity index (χ1v) is 8.06. The van der Waals surface area contributed by atoms with Gasteiger partial charge in [-0.15, -0.1) is 0 Å². The molecule has 0 amide bonds. The molecule has 3 heteroatoms. The molecular weight excluding hydrogens is 264 g/mol. The largest absolute Gasteiger partial charge is 0.319 e. The van der Waals surface area contributed by atoms with Crippen LogP contribution < -0.4 is 5.32 Å². The molecule has 1 atom stereocenters. The molecule has 0 spiro atoms. The molecule has 1 N–H and O–H groups in total. The molecule has 108 valence electrons. The summed E-state index contributed by atoms with van der Waals surface area (Å²) < 4.78 is 0. The number of hydrogen-bond acceptors (Lipinski definition) is 3. The lowest BCUT2D eigenvalue weighted by Gasteiger charge is -2.17. The van der Waals surface area contributed by atoms with Crippen molar-refractivity contribution in [3.05, 3.63) is 57.8 Å². The fraction of sp³-hybridized carbons (Fsp3) is 0.412. The van der Waals surface area contributed by atoms with Gasteiger partial charge in [0.2, 0.25) is 0 Å². The zero-order chi connectivity index (χ0) is 14.4. The second kappa shape index (κ2) is 7.58. The van der Waals surface area contributed by atoms with Gasteiger partial charge in [0.15, 0.2) is 0 Å². The first-order chi connectivity index (χ1) is 9.69. The molecule has 0 fully saturated rings. The van der Waals surface area contributed by atoms with Crippen LogP contribution in [0.5, 0.6) is 0 Å². The van der Waals surface area contributed by atoms with Crippen molar-refractivity contribution in [2.24, 2.45) is 0 Å². The normalized spacial score (nSPS) is 12.8. The molecule has 2 rings (SSSR count). The van der Waals surface area contributed by atoms with Gasteiger partial charge in [-0.25, -0.2) is 0 Å². The molecule has 20 heavy (non-hydrogen) atoms. The quantitative estimate of drug-likeness (QED) is 0.835. The molecule has 0 aliphatic carbocycles. The summed E-state index contributed by atoms with van der Waals surface area (Å²) in [4.78, 5) is 2.36. The van der Waals surface area contributed by atoms with E-state index in [9.17, 15) is 0 Å². The van der Waals surface area contributed by atoms with Crippen molar-refractivity contribution in [1.29, 1.82) is 0 Å². The van der Waals surface area contributed by atoms with E-state index in [4.69, 9.17) is 0 Å². The Labute approximate surface area is 126 Å². The summed E-state index contributed by atoms with van der Waals surface area (Å²) in [6.07, 6.45) is 0. The van der Waals surface area contributed by atoms with E-state index in [2.05, 4.69) is 65.3 Å². The van der Waals surface area contributed by atoms with Crippen LogP contribution in [0.15, 0.2) is 41.1 Å². The third-order valence-corrected chi connectivity index (χ3v) is 4.28. The molecule has 1 aromatic heterocycles. The van der Waals surface area contributed by atoms with Gasteiger partial charge in [-0.05, 0) is 53.5 Å². The summed E-state index contributed by atoms with van der Waals surface area (Å²) >= 11 is 1.77. The number of hydrogen-bond donors (Lipinski definition) is 1. The Hall–Kier alpha value is -1.16. The predicted octanol–water partition coefficient (Wildman–Crippen LogP) is 3.70. The smallest absolute Gasteiger partial charge is 0.0242 e. The second-order valence-electron chi connectivity index (χ2n) is 5.50. The Balaban J connectivity index is 1.89. The summed E-state index contributed by atoms with van der Waals surface area (Å²) in [5.41, 5.74) is 4.18. The predicted molar refractivity (Wildman–Crippen MR) is 88.3 cm³/mol. The summed E-state index contributed by atoms with van der Waals surface area (Å²) in [5.74, 6) is 0.567. The van der Waals surface area contributed by atoms with Crippen molar-refractivity contribution in [1.82, 2.24) is 10.2 Å². The van der Waals surface area contributed by atoms with Gasteiger partial charge in [0, 0.05) is 19.6 Å². The zero-order valence-electron chi connectivity index (χ0n) is 12.6. The van der Waals surface area contributed by atoms with E-state index in [0.29, 0.717) is 5.92 Å². The molecule has 1 unspecified atom stereocenters. The first-order valence-electron chi connectivity index (χ1n) is 7.12. The lowest BCUT2D eigenvalue weighted by Crippen LogP contribution is -2.17. The van der Waals surface area contributed by atoms with E-state index < -0.39 is 0 Å². The van der Waals surface area contributed by atoms with E-state index in [-0.39, 0.29) is 0 Å². The van der Waals surface area contributed by atoms with E-state index in [1.165, 1.54) is 16.7 Å². The molecule has 0 bridgehead atoms. The van der Waals surface area contributed by atoms with Crippen molar-refractivity contribution in [3.63, 3.8) is 0 Å². The van der Waals surface area contributed by atoms with Crippen LogP contribution in [0.25, 0.3) is 0 Å². The number of nitrogens with zero attached hydrogens (tertiary/aromatic N) is 1. The van der Waals surface area contributed by atoms with Gasteiger partial charge in [0.25, 0.3) is 0 Å². The highest BCUT2D eigenvalue weighted by Gasteiger charge is 2.06. The molecule has 1 aromatic carbocycles. The molecule has 0 saturated carbocycles. The lowest BCUT2D eigenvalue weighted by atomic mass is 10.00. The fourth-order valence-corrected chi connectivity index (χ4v) is 3.10. The van der Waals surface area contributed by atoms with Gasteiger partial charge < -0.3 is 5.32 Å². The van der Waals surface area contributed by atoms with Crippen LogP contribution >= 0.6 is 11.3 Å². The van der Waals surface area contributed by atoms with Crippen LogP contribution in [0.4, 0.5) is 0 Å². The SMILES string of the molecule is CNCC(C)c1ccc(CN(C)Cc2ccsc2)cc1. The average Bonchev–Trinajstić information content (AvgIpc) is 2.92. The molecular formula is C17H24N2S. The molecule has 2 aromatic rings. The van der Waals surface area contributed by atoms with E-state index in [0.717, 1.165) is 19.6 Å². The Bertz CT molecular complexity index is 490. The maximum absolute atomic E-state index is 3.23. The van der Waals surface area contributed by atoms with Gasteiger partial charge in [-0.2, -0.15) is 11.3 Å². The highest BCUT2D eigenvalue weighted by Crippen LogP contribution is 2.16. The third-order valence-electron chi connectivity index (χ3n) is 3.54. The Morgan fingerprint density at radius 1 is 1.10 bits per heavy atom. The van der Waals surface area contributed by atoms with Crippen LogP contribution in [-0.2, 0) is 13.1 Å². The molecule has 0 aliphatic heterocycles. The number of rotatable bonds is 7. The molecule has 1 heterocycles. The summed E-state index contributed by atoms with van der Waals surface area (Å²) in [6.45, 7) is 5.30. The number of likely N-dealkylation sites (N-methyl/N-ethyl adjacent to an activating group) is 1. The maximum atomic E-state index is 3.23. The first kappa shape index (κ1) is 15.2. The zero-order valence-corrected chi connectivity index (χ0v) is 13.4. The monoisotopic (exact) mass is 288 g/mol. The Kier molecular flexibility index (Phi) is 5.77.